The fourth-order valence-corrected chi connectivity index (χ4v) is 1.67. The molecule has 7 N–H and O–H groups in total. The van der Waals surface area contributed by atoms with E-state index in [2.05, 4.69) is 4.74 Å². The molecule has 0 aliphatic rings. The number of phenols is 2. The Morgan fingerprint density at radius 3 is 2.30 bits per heavy atom. The van der Waals surface area contributed by atoms with E-state index in [1.165, 1.54) is 18.2 Å². The van der Waals surface area contributed by atoms with Gasteiger partial charge in [-0.1, -0.05) is 6.07 Å². The topological polar surface area (TPSA) is 173 Å². The molecule has 0 unspecified atom stereocenters. The van der Waals surface area contributed by atoms with Crippen molar-refractivity contribution in [2.24, 2.45) is 11.5 Å². The summed E-state index contributed by atoms with van der Waals surface area (Å²) in [6.45, 7) is 0. The SMILES string of the molecule is N[C@@H](CCC(=O)OC(=O)[C@@H](N)Cc1ccc(O)c(O)c1)C(=O)O. The van der Waals surface area contributed by atoms with Gasteiger partial charge in [-0.2, -0.15) is 0 Å². The van der Waals surface area contributed by atoms with E-state index in [0.717, 1.165) is 0 Å². The van der Waals surface area contributed by atoms with Crippen molar-refractivity contribution in [3.63, 3.8) is 0 Å². The van der Waals surface area contributed by atoms with Crippen LogP contribution >= 0.6 is 0 Å². The minimum Gasteiger partial charge on any atom is -0.504 e. The lowest BCUT2D eigenvalue weighted by Gasteiger charge is -2.11. The minimum atomic E-state index is -1.26. The fourth-order valence-electron chi connectivity index (χ4n) is 1.67. The lowest BCUT2D eigenvalue weighted by Crippen LogP contribution is -2.36. The molecule has 23 heavy (non-hydrogen) atoms. The molecule has 0 aromatic heterocycles. The van der Waals surface area contributed by atoms with Crippen molar-refractivity contribution in [1.82, 2.24) is 0 Å². The van der Waals surface area contributed by atoms with Gasteiger partial charge >= 0.3 is 17.9 Å². The average Bonchev–Trinajstić information content (AvgIpc) is 2.48. The third kappa shape index (κ3) is 5.93. The van der Waals surface area contributed by atoms with Crippen molar-refractivity contribution in [3.8, 4) is 11.5 Å². The third-order valence-corrected chi connectivity index (χ3v) is 2.99. The number of carboxylic acids is 1. The average molecular weight is 326 g/mol. The molecule has 0 bridgehead atoms. The molecular weight excluding hydrogens is 308 g/mol. The largest absolute Gasteiger partial charge is 0.504 e. The highest BCUT2D eigenvalue weighted by atomic mass is 16.6. The van der Waals surface area contributed by atoms with Gasteiger partial charge in [0.15, 0.2) is 11.5 Å². The lowest BCUT2D eigenvalue weighted by molar-refractivity contribution is -0.160. The van der Waals surface area contributed by atoms with Crippen LogP contribution in [0.25, 0.3) is 0 Å². The first-order valence-electron chi connectivity index (χ1n) is 6.70. The predicted molar refractivity (Wildman–Crippen MR) is 77.4 cm³/mol. The zero-order valence-corrected chi connectivity index (χ0v) is 12.1. The molecule has 0 saturated heterocycles. The Bertz CT molecular complexity index is 603. The minimum absolute atomic E-state index is 0.0193. The van der Waals surface area contributed by atoms with Crippen LogP contribution in [0.15, 0.2) is 18.2 Å². The van der Waals surface area contributed by atoms with E-state index in [1.807, 2.05) is 0 Å². The van der Waals surface area contributed by atoms with Gasteiger partial charge in [-0.3, -0.25) is 9.59 Å². The maximum Gasteiger partial charge on any atom is 0.330 e. The Labute approximate surface area is 131 Å². The number of aromatic hydroxyl groups is 2. The van der Waals surface area contributed by atoms with E-state index in [4.69, 9.17) is 16.6 Å². The molecule has 9 nitrogen and oxygen atoms in total. The number of carbonyl (C=O) groups is 3. The lowest BCUT2D eigenvalue weighted by atomic mass is 10.1. The zero-order chi connectivity index (χ0) is 17.6. The van der Waals surface area contributed by atoms with Gasteiger partial charge in [0.1, 0.15) is 12.1 Å². The summed E-state index contributed by atoms with van der Waals surface area (Å²) in [7, 11) is 0. The summed E-state index contributed by atoms with van der Waals surface area (Å²) in [6, 6.07) is 1.55. The number of nitrogens with two attached hydrogens (primary N) is 2. The van der Waals surface area contributed by atoms with Crippen molar-refractivity contribution >= 4 is 17.9 Å². The Hall–Kier alpha value is -2.65. The predicted octanol–water partition coefficient (Wildman–Crippen LogP) is -0.771. The highest BCUT2D eigenvalue weighted by Gasteiger charge is 2.21. The molecule has 0 fully saturated rings. The first-order valence-corrected chi connectivity index (χ1v) is 6.70. The summed E-state index contributed by atoms with van der Waals surface area (Å²) >= 11 is 0. The highest BCUT2D eigenvalue weighted by molar-refractivity contribution is 5.88. The highest BCUT2D eigenvalue weighted by Crippen LogP contribution is 2.25. The molecule has 0 heterocycles. The number of aliphatic carboxylic acids is 1. The van der Waals surface area contributed by atoms with Crippen molar-refractivity contribution in [2.45, 2.75) is 31.3 Å². The van der Waals surface area contributed by atoms with Gasteiger partial charge in [-0.05, 0) is 30.5 Å². The molecular formula is C14H18N2O7. The second kappa shape index (κ2) is 8.11. The van der Waals surface area contributed by atoms with E-state index < -0.39 is 30.0 Å². The normalized spacial score (nSPS) is 13.1. The van der Waals surface area contributed by atoms with Crippen molar-refractivity contribution < 1.29 is 34.4 Å². The summed E-state index contributed by atoms with van der Waals surface area (Å²) in [6.07, 6.45) is -0.511. The zero-order valence-electron chi connectivity index (χ0n) is 12.1. The van der Waals surface area contributed by atoms with Gasteiger partial charge < -0.3 is 31.5 Å². The maximum absolute atomic E-state index is 11.7. The van der Waals surface area contributed by atoms with Crippen LogP contribution in [-0.4, -0.2) is 45.3 Å². The van der Waals surface area contributed by atoms with Gasteiger partial charge in [-0.15, -0.1) is 0 Å². The first-order chi connectivity index (χ1) is 10.7. The van der Waals surface area contributed by atoms with Gasteiger partial charge in [0, 0.05) is 6.42 Å². The summed E-state index contributed by atoms with van der Waals surface area (Å²) in [4.78, 5) is 33.6. The van der Waals surface area contributed by atoms with Gasteiger partial charge in [0.05, 0.1) is 0 Å². The summed E-state index contributed by atoms with van der Waals surface area (Å²) in [5.41, 5.74) is 11.3. The smallest absolute Gasteiger partial charge is 0.330 e. The van der Waals surface area contributed by atoms with Crippen LogP contribution in [0.2, 0.25) is 0 Å². The van der Waals surface area contributed by atoms with Crippen molar-refractivity contribution in [3.05, 3.63) is 23.8 Å². The van der Waals surface area contributed by atoms with Gasteiger partial charge in [-0.25, -0.2) is 4.79 Å². The number of carboxylic acid groups (broad SMARTS) is 1. The quantitative estimate of drug-likeness (QED) is 0.245. The number of rotatable bonds is 7. The van der Waals surface area contributed by atoms with E-state index in [9.17, 15) is 24.6 Å². The Morgan fingerprint density at radius 2 is 1.74 bits per heavy atom. The van der Waals surface area contributed by atoms with Crippen LogP contribution in [0.5, 0.6) is 11.5 Å². The number of ether oxygens (including phenoxy) is 1. The molecule has 0 aliphatic carbocycles. The maximum atomic E-state index is 11.7. The molecule has 0 amide bonds. The van der Waals surface area contributed by atoms with E-state index in [1.54, 1.807) is 0 Å². The first kappa shape index (κ1) is 18.4. The molecule has 1 aromatic carbocycles. The van der Waals surface area contributed by atoms with Crippen LogP contribution in [-0.2, 0) is 25.5 Å². The van der Waals surface area contributed by atoms with Crippen LogP contribution in [0.3, 0.4) is 0 Å². The number of benzene rings is 1. The molecule has 0 saturated carbocycles. The van der Waals surface area contributed by atoms with Crippen LogP contribution in [0, 0.1) is 0 Å². The summed E-state index contributed by atoms with van der Waals surface area (Å²) < 4.78 is 4.51. The molecule has 2 atom stereocenters. The number of carbonyl (C=O) groups excluding carboxylic acids is 2. The summed E-state index contributed by atoms with van der Waals surface area (Å²) in [5.74, 6) is -3.83. The fraction of sp³-hybridized carbons (Fsp3) is 0.357. The van der Waals surface area contributed by atoms with E-state index in [0.29, 0.717) is 5.56 Å². The number of hydrogen-bond donors (Lipinski definition) is 5. The number of hydrogen-bond acceptors (Lipinski definition) is 8. The number of esters is 2. The van der Waals surface area contributed by atoms with E-state index in [-0.39, 0.29) is 30.8 Å². The second-order valence-electron chi connectivity index (χ2n) is 4.91. The van der Waals surface area contributed by atoms with Gasteiger partial charge in [0.2, 0.25) is 0 Å². The van der Waals surface area contributed by atoms with Crippen LogP contribution in [0.4, 0.5) is 0 Å². The van der Waals surface area contributed by atoms with Crippen LogP contribution in [0.1, 0.15) is 18.4 Å². The summed E-state index contributed by atoms with van der Waals surface area (Å²) in [5, 5.41) is 27.1. The second-order valence-corrected chi connectivity index (χ2v) is 4.91. The van der Waals surface area contributed by atoms with Crippen LogP contribution < -0.4 is 11.5 Å². The molecule has 0 aliphatic heterocycles. The monoisotopic (exact) mass is 326 g/mol. The molecule has 1 rings (SSSR count). The molecule has 0 spiro atoms. The Morgan fingerprint density at radius 1 is 1.09 bits per heavy atom. The van der Waals surface area contributed by atoms with E-state index >= 15 is 0 Å². The van der Waals surface area contributed by atoms with Gasteiger partial charge in [0.25, 0.3) is 0 Å². The van der Waals surface area contributed by atoms with Crippen molar-refractivity contribution in [1.29, 1.82) is 0 Å². The number of phenolic OH excluding ortho intramolecular Hbond substituents is 2. The van der Waals surface area contributed by atoms with Crippen molar-refractivity contribution in [2.75, 3.05) is 0 Å². The molecule has 126 valence electrons. The standard InChI is InChI=1S/C14H18N2O7/c15-8(13(20)21)2-4-12(19)23-14(22)9(16)5-7-1-3-10(17)11(18)6-7/h1,3,6,8-9,17-18H,2,4-5,15-16H2,(H,20,21)/t8-,9-/m0/s1. The Balaban J connectivity index is 2.48. The molecule has 9 heteroatoms. The Kier molecular flexibility index (Phi) is 6.49. The third-order valence-electron chi connectivity index (χ3n) is 2.99. The molecule has 0 radical (unpaired) electrons. The molecule has 1 aromatic rings.